The largest absolute Gasteiger partial charge is 0.363 e. The molecule has 1 aliphatic carbocycles. The lowest BCUT2D eigenvalue weighted by Crippen LogP contribution is -2.31. The van der Waals surface area contributed by atoms with E-state index in [1.54, 1.807) is 7.05 Å². The highest BCUT2D eigenvalue weighted by atomic mass is 32.1. The van der Waals surface area contributed by atoms with E-state index in [4.69, 9.17) is 0 Å². The van der Waals surface area contributed by atoms with E-state index in [9.17, 15) is 4.79 Å². The van der Waals surface area contributed by atoms with Crippen molar-refractivity contribution < 1.29 is 4.79 Å². The highest BCUT2D eigenvalue weighted by Gasteiger charge is 2.20. The summed E-state index contributed by atoms with van der Waals surface area (Å²) in [5, 5.41) is 14.7. The number of anilines is 1. The predicted molar refractivity (Wildman–Crippen MR) is 72.9 cm³/mol. The predicted octanol–water partition coefficient (Wildman–Crippen LogP) is 2.14. The molecule has 6 heteroatoms. The van der Waals surface area contributed by atoms with Gasteiger partial charge in [0.15, 0.2) is 0 Å². The Balaban J connectivity index is 1.80. The average molecular weight is 268 g/mol. The van der Waals surface area contributed by atoms with Crippen LogP contribution in [0.1, 0.15) is 42.4 Å². The number of hydrogen-bond donors (Lipinski definition) is 2. The van der Waals surface area contributed by atoms with Crippen molar-refractivity contribution in [3.8, 4) is 0 Å². The lowest BCUT2D eigenvalue weighted by molar-refractivity contribution is 0.0939. The monoisotopic (exact) mass is 268 g/mol. The second-order valence-corrected chi connectivity index (χ2v) is 5.99. The zero-order chi connectivity index (χ0) is 13.0. The smallest absolute Gasteiger partial charge is 0.282 e. The van der Waals surface area contributed by atoms with Gasteiger partial charge in [0.25, 0.3) is 5.91 Å². The first-order valence-electron chi connectivity index (χ1n) is 6.48. The Hall–Kier alpha value is -1.17. The van der Waals surface area contributed by atoms with Crippen molar-refractivity contribution in [3.05, 3.63) is 5.01 Å². The first-order chi connectivity index (χ1) is 8.69. The van der Waals surface area contributed by atoms with Crippen molar-refractivity contribution >= 4 is 22.4 Å². The van der Waals surface area contributed by atoms with Crippen molar-refractivity contribution in [1.82, 2.24) is 15.5 Å². The molecule has 2 rings (SSSR count). The summed E-state index contributed by atoms with van der Waals surface area (Å²) >= 11 is 1.28. The summed E-state index contributed by atoms with van der Waals surface area (Å²) < 4.78 is 0. The Bertz CT molecular complexity index is 407. The van der Waals surface area contributed by atoms with Crippen LogP contribution >= 0.6 is 11.3 Å². The molecule has 100 valence electrons. The second-order valence-electron chi connectivity index (χ2n) is 5.01. The summed E-state index contributed by atoms with van der Waals surface area (Å²) in [7, 11) is 1.77. The van der Waals surface area contributed by atoms with E-state index in [1.165, 1.54) is 37.0 Å². The Morgan fingerprint density at radius 2 is 2.28 bits per heavy atom. The van der Waals surface area contributed by atoms with Crippen LogP contribution in [0.25, 0.3) is 0 Å². The number of nitrogens with one attached hydrogen (secondary N) is 2. The van der Waals surface area contributed by atoms with Gasteiger partial charge in [-0.25, -0.2) is 0 Å². The molecular weight excluding hydrogens is 248 g/mol. The maximum Gasteiger partial charge on any atom is 0.282 e. The molecule has 0 bridgehead atoms. The van der Waals surface area contributed by atoms with Crippen LogP contribution in [-0.4, -0.2) is 29.7 Å². The summed E-state index contributed by atoms with van der Waals surface area (Å²) in [6.45, 7) is 3.05. The molecule has 0 aromatic carbocycles. The van der Waals surface area contributed by atoms with Crippen molar-refractivity contribution in [2.75, 3.05) is 18.9 Å². The number of carbonyl (C=O) groups excluding carboxylic acids is 1. The third kappa shape index (κ3) is 3.41. The van der Waals surface area contributed by atoms with Crippen molar-refractivity contribution in [1.29, 1.82) is 0 Å². The Labute approximate surface area is 111 Å². The molecule has 2 unspecified atom stereocenters. The molecule has 0 radical (unpaired) electrons. The highest BCUT2D eigenvalue weighted by molar-refractivity contribution is 7.17. The SMILES string of the molecule is CNc1nnc(C(=O)NCC2CCCC(C)C2)s1. The first kappa shape index (κ1) is 13.3. The molecular formula is C12H20N4OS. The zero-order valence-electron chi connectivity index (χ0n) is 10.9. The fraction of sp³-hybridized carbons (Fsp3) is 0.750. The minimum atomic E-state index is -0.104. The van der Waals surface area contributed by atoms with Gasteiger partial charge in [0.05, 0.1) is 0 Å². The number of amides is 1. The Kier molecular flexibility index (Phi) is 4.52. The molecule has 1 aromatic heterocycles. The maximum absolute atomic E-state index is 11.9. The topological polar surface area (TPSA) is 66.9 Å². The average Bonchev–Trinajstić information content (AvgIpc) is 2.85. The van der Waals surface area contributed by atoms with Gasteiger partial charge < -0.3 is 10.6 Å². The normalized spacial score (nSPS) is 23.7. The van der Waals surface area contributed by atoms with Crippen LogP contribution in [0.3, 0.4) is 0 Å². The number of hydrogen-bond acceptors (Lipinski definition) is 5. The van der Waals surface area contributed by atoms with E-state index in [2.05, 4.69) is 27.8 Å². The van der Waals surface area contributed by atoms with Crippen LogP contribution < -0.4 is 10.6 Å². The Morgan fingerprint density at radius 1 is 1.44 bits per heavy atom. The summed E-state index contributed by atoms with van der Waals surface area (Å²) in [6.07, 6.45) is 5.05. The molecule has 18 heavy (non-hydrogen) atoms. The molecule has 2 atom stereocenters. The molecule has 2 N–H and O–H groups in total. The number of nitrogens with zero attached hydrogens (tertiary/aromatic N) is 2. The molecule has 1 saturated carbocycles. The standard InChI is InChI=1S/C12H20N4OS/c1-8-4-3-5-9(6-8)7-14-10(17)11-15-16-12(13-2)18-11/h8-9H,3-7H2,1-2H3,(H,13,16)(H,14,17). The van der Waals surface area contributed by atoms with Gasteiger partial charge in [-0.3, -0.25) is 4.79 Å². The molecule has 0 spiro atoms. The molecule has 0 aliphatic heterocycles. The molecule has 1 amide bonds. The minimum Gasteiger partial charge on any atom is -0.363 e. The summed E-state index contributed by atoms with van der Waals surface area (Å²) in [5.74, 6) is 1.31. The van der Waals surface area contributed by atoms with Crippen LogP contribution in [0.2, 0.25) is 0 Å². The van der Waals surface area contributed by atoms with E-state index in [0.717, 1.165) is 12.5 Å². The fourth-order valence-electron chi connectivity index (χ4n) is 2.47. The van der Waals surface area contributed by atoms with E-state index >= 15 is 0 Å². The van der Waals surface area contributed by atoms with Crippen LogP contribution in [0.4, 0.5) is 5.13 Å². The zero-order valence-corrected chi connectivity index (χ0v) is 11.7. The molecule has 1 heterocycles. The van der Waals surface area contributed by atoms with Gasteiger partial charge in [0.1, 0.15) is 0 Å². The Morgan fingerprint density at radius 3 is 2.94 bits per heavy atom. The van der Waals surface area contributed by atoms with Crippen molar-refractivity contribution in [2.45, 2.75) is 32.6 Å². The first-order valence-corrected chi connectivity index (χ1v) is 7.30. The third-order valence-corrected chi connectivity index (χ3v) is 4.37. The van der Waals surface area contributed by atoms with Crippen LogP contribution in [-0.2, 0) is 0 Å². The molecule has 1 fully saturated rings. The number of rotatable bonds is 4. The van der Waals surface area contributed by atoms with E-state index < -0.39 is 0 Å². The van der Waals surface area contributed by atoms with Gasteiger partial charge in [0, 0.05) is 13.6 Å². The lowest BCUT2D eigenvalue weighted by atomic mass is 9.82. The van der Waals surface area contributed by atoms with Gasteiger partial charge in [-0.1, -0.05) is 31.1 Å². The van der Waals surface area contributed by atoms with E-state index in [-0.39, 0.29) is 5.91 Å². The molecule has 5 nitrogen and oxygen atoms in total. The van der Waals surface area contributed by atoms with Gasteiger partial charge in [-0.2, -0.15) is 0 Å². The van der Waals surface area contributed by atoms with Crippen LogP contribution in [0.15, 0.2) is 0 Å². The molecule has 0 saturated heterocycles. The number of carbonyl (C=O) groups is 1. The maximum atomic E-state index is 11.9. The lowest BCUT2D eigenvalue weighted by Gasteiger charge is -2.26. The highest BCUT2D eigenvalue weighted by Crippen LogP contribution is 2.28. The minimum absolute atomic E-state index is 0.104. The van der Waals surface area contributed by atoms with E-state index in [0.29, 0.717) is 16.1 Å². The second kappa shape index (κ2) is 6.13. The van der Waals surface area contributed by atoms with Crippen LogP contribution in [0, 0.1) is 11.8 Å². The fourth-order valence-corrected chi connectivity index (χ4v) is 3.09. The van der Waals surface area contributed by atoms with Gasteiger partial charge in [0.2, 0.25) is 10.1 Å². The summed E-state index contributed by atoms with van der Waals surface area (Å²) in [5.41, 5.74) is 0. The van der Waals surface area contributed by atoms with Crippen molar-refractivity contribution in [2.24, 2.45) is 11.8 Å². The van der Waals surface area contributed by atoms with Gasteiger partial charge >= 0.3 is 0 Å². The molecule has 1 aromatic rings. The van der Waals surface area contributed by atoms with Crippen LogP contribution in [0.5, 0.6) is 0 Å². The summed E-state index contributed by atoms with van der Waals surface area (Å²) in [4.78, 5) is 11.9. The third-order valence-electron chi connectivity index (χ3n) is 3.43. The summed E-state index contributed by atoms with van der Waals surface area (Å²) in [6, 6.07) is 0. The molecule has 1 aliphatic rings. The quantitative estimate of drug-likeness (QED) is 0.878. The van der Waals surface area contributed by atoms with Crippen molar-refractivity contribution in [3.63, 3.8) is 0 Å². The van der Waals surface area contributed by atoms with Gasteiger partial charge in [-0.05, 0) is 24.7 Å². The van der Waals surface area contributed by atoms with Gasteiger partial charge in [-0.15, -0.1) is 10.2 Å². The number of aromatic nitrogens is 2. The van der Waals surface area contributed by atoms with E-state index in [1.807, 2.05) is 0 Å².